The van der Waals surface area contributed by atoms with Crippen LogP contribution in [-0.4, -0.2) is 18.2 Å². The average Bonchev–Trinajstić information content (AvgIpc) is 3.13. The lowest BCUT2D eigenvalue weighted by Crippen LogP contribution is -2.36. The molecule has 0 saturated carbocycles. The number of aromatic nitrogens is 1. The summed E-state index contributed by atoms with van der Waals surface area (Å²) in [7, 11) is 1.76. The van der Waals surface area contributed by atoms with Crippen molar-refractivity contribution in [2.24, 2.45) is 4.99 Å². The van der Waals surface area contributed by atoms with Gasteiger partial charge >= 0.3 is 0 Å². The van der Waals surface area contributed by atoms with Gasteiger partial charge in [0.05, 0.1) is 6.54 Å². The molecule has 0 amide bonds. The van der Waals surface area contributed by atoms with E-state index in [1.165, 1.54) is 16.7 Å². The van der Waals surface area contributed by atoms with Gasteiger partial charge in [0.1, 0.15) is 5.69 Å². The van der Waals surface area contributed by atoms with Gasteiger partial charge in [0, 0.05) is 25.2 Å². The van der Waals surface area contributed by atoms with Crippen LogP contribution < -0.4 is 10.6 Å². The highest BCUT2D eigenvalue weighted by molar-refractivity contribution is 5.79. The van der Waals surface area contributed by atoms with E-state index in [1.807, 2.05) is 36.4 Å². The van der Waals surface area contributed by atoms with E-state index in [0.29, 0.717) is 6.54 Å². The zero-order chi connectivity index (χ0) is 18.4. The van der Waals surface area contributed by atoms with Crippen molar-refractivity contribution in [3.63, 3.8) is 0 Å². The van der Waals surface area contributed by atoms with Crippen molar-refractivity contribution in [3.8, 4) is 11.3 Å². The number of rotatable bonds is 5. The maximum absolute atomic E-state index is 5.42. The molecule has 0 aliphatic heterocycles. The van der Waals surface area contributed by atoms with Gasteiger partial charge in [-0.1, -0.05) is 59.3 Å². The molecule has 3 aromatic rings. The third-order valence-corrected chi connectivity index (χ3v) is 4.22. The molecule has 134 valence electrons. The van der Waals surface area contributed by atoms with Crippen LogP contribution in [0, 0.1) is 13.8 Å². The molecule has 0 aliphatic rings. The number of hydrogen-bond donors (Lipinski definition) is 2. The van der Waals surface area contributed by atoms with Gasteiger partial charge in [-0.25, -0.2) is 0 Å². The summed E-state index contributed by atoms with van der Waals surface area (Å²) >= 11 is 0. The molecule has 0 aliphatic carbocycles. The second-order valence-electron chi connectivity index (χ2n) is 6.26. The van der Waals surface area contributed by atoms with Gasteiger partial charge in [0.15, 0.2) is 11.7 Å². The summed E-state index contributed by atoms with van der Waals surface area (Å²) in [5.41, 5.74) is 5.65. The van der Waals surface area contributed by atoms with Crippen molar-refractivity contribution in [2.45, 2.75) is 26.9 Å². The lowest BCUT2D eigenvalue weighted by Gasteiger charge is -2.12. The molecule has 0 radical (unpaired) electrons. The lowest BCUT2D eigenvalue weighted by atomic mass is 10.1. The maximum atomic E-state index is 5.42. The first-order valence-electron chi connectivity index (χ1n) is 8.67. The van der Waals surface area contributed by atoms with E-state index in [-0.39, 0.29) is 0 Å². The minimum atomic E-state index is 0.545. The van der Waals surface area contributed by atoms with E-state index >= 15 is 0 Å². The summed E-state index contributed by atoms with van der Waals surface area (Å²) in [6, 6.07) is 18.4. The zero-order valence-corrected chi connectivity index (χ0v) is 15.4. The van der Waals surface area contributed by atoms with Gasteiger partial charge in [-0.15, -0.1) is 0 Å². The molecule has 3 rings (SSSR count). The Morgan fingerprint density at radius 2 is 1.77 bits per heavy atom. The number of guanidine groups is 1. The van der Waals surface area contributed by atoms with Gasteiger partial charge in [-0.3, -0.25) is 4.99 Å². The van der Waals surface area contributed by atoms with Crippen molar-refractivity contribution in [3.05, 3.63) is 77.0 Å². The van der Waals surface area contributed by atoms with E-state index in [0.717, 1.165) is 29.5 Å². The molecule has 0 spiro atoms. The minimum Gasteiger partial charge on any atom is -0.356 e. The molecule has 5 nitrogen and oxygen atoms in total. The molecule has 0 saturated heterocycles. The van der Waals surface area contributed by atoms with Crippen LogP contribution in [0.1, 0.15) is 22.4 Å². The molecular formula is C21H24N4O. The lowest BCUT2D eigenvalue weighted by molar-refractivity contribution is 0.422. The Kier molecular flexibility index (Phi) is 5.69. The van der Waals surface area contributed by atoms with E-state index < -0.39 is 0 Å². The van der Waals surface area contributed by atoms with E-state index in [9.17, 15) is 0 Å². The Morgan fingerprint density at radius 1 is 1.00 bits per heavy atom. The van der Waals surface area contributed by atoms with Crippen LogP contribution in [-0.2, 0) is 13.1 Å². The first-order valence-corrected chi connectivity index (χ1v) is 8.67. The Labute approximate surface area is 154 Å². The van der Waals surface area contributed by atoms with E-state index in [2.05, 4.69) is 52.8 Å². The fourth-order valence-corrected chi connectivity index (χ4v) is 2.75. The SMILES string of the molecule is CN=C(NCc1cc(-c2ccccc2)on1)NCc1ccc(C)cc1C. The summed E-state index contributed by atoms with van der Waals surface area (Å²) in [6.07, 6.45) is 0. The normalized spacial score (nSPS) is 11.4. The Bertz CT molecular complexity index is 884. The summed E-state index contributed by atoms with van der Waals surface area (Å²) in [5, 5.41) is 10.7. The van der Waals surface area contributed by atoms with Gasteiger partial charge in [0.2, 0.25) is 0 Å². The molecular weight excluding hydrogens is 324 g/mol. The average molecular weight is 348 g/mol. The summed E-state index contributed by atoms with van der Waals surface area (Å²) in [6.45, 7) is 5.50. The molecule has 26 heavy (non-hydrogen) atoms. The number of aliphatic imine (C=N–C) groups is 1. The fraction of sp³-hybridized carbons (Fsp3) is 0.238. The number of nitrogens with zero attached hydrogens (tertiary/aromatic N) is 2. The van der Waals surface area contributed by atoms with Crippen molar-refractivity contribution in [2.75, 3.05) is 7.05 Å². The predicted octanol–water partition coefficient (Wildman–Crippen LogP) is 3.82. The summed E-state index contributed by atoms with van der Waals surface area (Å²) in [4.78, 5) is 4.27. The highest BCUT2D eigenvalue weighted by Crippen LogP contribution is 2.19. The molecule has 0 atom stereocenters. The molecule has 1 heterocycles. The number of benzene rings is 2. The van der Waals surface area contributed by atoms with Crippen molar-refractivity contribution >= 4 is 5.96 Å². The fourth-order valence-electron chi connectivity index (χ4n) is 2.75. The topological polar surface area (TPSA) is 62.5 Å². The van der Waals surface area contributed by atoms with Gasteiger partial charge < -0.3 is 15.2 Å². The Morgan fingerprint density at radius 3 is 2.50 bits per heavy atom. The van der Waals surface area contributed by atoms with Gasteiger partial charge in [0.25, 0.3) is 0 Å². The van der Waals surface area contributed by atoms with Crippen LogP contribution >= 0.6 is 0 Å². The molecule has 0 bridgehead atoms. The van der Waals surface area contributed by atoms with Crippen LogP contribution in [0.15, 0.2) is 64.1 Å². The monoisotopic (exact) mass is 348 g/mol. The van der Waals surface area contributed by atoms with Crippen LogP contribution in [0.4, 0.5) is 0 Å². The zero-order valence-electron chi connectivity index (χ0n) is 15.4. The predicted molar refractivity (Wildman–Crippen MR) is 105 cm³/mol. The smallest absolute Gasteiger partial charge is 0.191 e. The number of hydrogen-bond acceptors (Lipinski definition) is 3. The summed E-state index contributed by atoms with van der Waals surface area (Å²) in [5.74, 6) is 1.50. The quantitative estimate of drug-likeness (QED) is 0.543. The Balaban J connectivity index is 1.55. The van der Waals surface area contributed by atoms with Crippen molar-refractivity contribution < 1.29 is 4.52 Å². The van der Waals surface area contributed by atoms with Gasteiger partial charge in [-0.05, 0) is 25.0 Å². The van der Waals surface area contributed by atoms with Crippen LogP contribution in [0.3, 0.4) is 0 Å². The summed E-state index contributed by atoms with van der Waals surface area (Å²) < 4.78 is 5.42. The second-order valence-corrected chi connectivity index (χ2v) is 6.26. The van der Waals surface area contributed by atoms with Crippen molar-refractivity contribution in [1.82, 2.24) is 15.8 Å². The van der Waals surface area contributed by atoms with Crippen LogP contribution in [0.25, 0.3) is 11.3 Å². The molecule has 2 aromatic carbocycles. The Hall–Kier alpha value is -3.08. The minimum absolute atomic E-state index is 0.545. The second kappa shape index (κ2) is 8.34. The first-order chi connectivity index (χ1) is 12.7. The van der Waals surface area contributed by atoms with Crippen molar-refractivity contribution in [1.29, 1.82) is 0 Å². The highest BCUT2D eigenvalue weighted by atomic mass is 16.5. The highest BCUT2D eigenvalue weighted by Gasteiger charge is 2.07. The van der Waals surface area contributed by atoms with Crippen LogP contribution in [0.2, 0.25) is 0 Å². The van der Waals surface area contributed by atoms with E-state index in [1.54, 1.807) is 7.05 Å². The largest absolute Gasteiger partial charge is 0.356 e. The van der Waals surface area contributed by atoms with E-state index in [4.69, 9.17) is 4.52 Å². The third kappa shape index (κ3) is 4.51. The molecule has 1 aromatic heterocycles. The number of nitrogens with one attached hydrogen (secondary N) is 2. The molecule has 5 heteroatoms. The molecule has 2 N–H and O–H groups in total. The first kappa shape index (κ1) is 17.7. The standard InChI is InChI=1S/C21H24N4O/c1-15-9-10-18(16(2)11-15)13-23-21(22-3)24-14-19-12-20(26-25-19)17-7-5-4-6-8-17/h4-12H,13-14H2,1-3H3,(H2,22,23,24). The third-order valence-electron chi connectivity index (χ3n) is 4.22. The van der Waals surface area contributed by atoms with Crippen LogP contribution in [0.5, 0.6) is 0 Å². The maximum Gasteiger partial charge on any atom is 0.191 e. The number of aryl methyl sites for hydroxylation is 2. The van der Waals surface area contributed by atoms with Gasteiger partial charge in [-0.2, -0.15) is 0 Å². The molecule has 0 fully saturated rings. The molecule has 0 unspecified atom stereocenters.